The van der Waals surface area contributed by atoms with Gasteiger partial charge in [0.1, 0.15) is 5.82 Å². The molecule has 0 unspecified atom stereocenters. The van der Waals surface area contributed by atoms with Crippen LogP contribution in [-0.2, 0) is 6.54 Å². The van der Waals surface area contributed by atoms with Gasteiger partial charge in [0.2, 0.25) is 0 Å². The van der Waals surface area contributed by atoms with E-state index >= 15 is 0 Å². The van der Waals surface area contributed by atoms with Gasteiger partial charge in [-0.1, -0.05) is 12.8 Å². The summed E-state index contributed by atoms with van der Waals surface area (Å²) in [5, 5.41) is 3.59. The lowest BCUT2D eigenvalue weighted by Crippen LogP contribution is -2.30. The standard InChI is InChI=1S/C16H25N3/c1-12-9-13(11-17-14-7-8-14)10-16(18-12)19(2)15-5-3-4-6-15/h9-10,14-15,17H,3-8,11H2,1-2H3. The third-order valence-electron chi connectivity index (χ3n) is 4.41. The topological polar surface area (TPSA) is 28.2 Å². The van der Waals surface area contributed by atoms with Crippen molar-refractivity contribution in [1.29, 1.82) is 0 Å². The normalized spacial score (nSPS) is 19.9. The average Bonchev–Trinajstić information content (AvgIpc) is 3.07. The van der Waals surface area contributed by atoms with E-state index in [1.54, 1.807) is 0 Å². The molecule has 0 atom stereocenters. The number of aromatic nitrogens is 1. The van der Waals surface area contributed by atoms with Crippen molar-refractivity contribution in [1.82, 2.24) is 10.3 Å². The maximum Gasteiger partial charge on any atom is 0.129 e. The minimum Gasteiger partial charge on any atom is -0.357 e. The minimum atomic E-state index is 0.693. The molecule has 0 aliphatic heterocycles. The van der Waals surface area contributed by atoms with Crippen molar-refractivity contribution >= 4 is 5.82 Å². The van der Waals surface area contributed by atoms with Crippen LogP contribution in [0, 0.1) is 6.92 Å². The summed E-state index contributed by atoms with van der Waals surface area (Å²) < 4.78 is 0. The van der Waals surface area contributed by atoms with Gasteiger partial charge in [0.15, 0.2) is 0 Å². The fraction of sp³-hybridized carbons (Fsp3) is 0.688. The van der Waals surface area contributed by atoms with Gasteiger partial charge in [-0.05, 0) is 50.3 Å². The van der Waals surface area contributed by atoms with Crippen LogP contribution in [0.5, 0.6) is 0 Å². The highest BCUT2D eigenvalue weighted by Gasteiger charge is 2.22. The highest BCUT2D eigenvalue weighted by Crippen LogP contribution is 2.27. The van der Waals surface area contributed by atoms with Crippen LogP contribution in [0.25, 0.3) is 0 Å². The van der Waals surface area contributed by atoms with Crippen molar-refractivity contribution in [2.24, 2.45) is 0 Å². The van der Waals surface area contributed by atoms with Crippen LogP contribution >= 0.6 is 0 Å². The third-order valence-corrected chi connectivity index (χ3v) is 4.41. The summed E-state index contributed by atoms with van der Waals surface area (Å²) in [6, 6.07) is 5.94. The van der Waals surface area contributed by atoms with Crippen molar-refractivity contribution in [2.75, 3.05) is 11.9 Å². The number of nitrogens with zero attached hydrogens (tertiary/aromatic N) is 2. The molecule has 3 rings (SSSR count). The van der Waals surface area contributed by atoms with E-state index in [2.05, 4.69) is 36.3 Å². The number of pyridine rings is 1. The first-order valence-corrected chi connectivity index (χ1v) is 7.66. The van der Waals surface area contributed by atoms with E-state index in [0.29, 0.717) is 6.04 Å². The molecule has 3 heteroatoms. The first-order valence-electron chi connectivity index (χ1n) is 7.66. The summed E-state index contributed by atoms with van der Waals surface area (Å²) in [4.78, 5) is 7.11. The maximum absolute atomic E-state index is 4.72. The molecule has 0 amide bonds. The van der Waals surface area contributed by atoms with Gasteiger partial charge < -0.3 is 10.2 Å². The molecule has 19 heavy (non-hydrogen) atoms. The Hall–Kier alpha value is -1.09. The van der Waals surface area contributed by atoms with Crippen LogP contribution in [0.3, 0.4) is 0 Å². The van der Waals surface area contributed by atoms with Crippen molar-refractivity contribution in [3.05, 3.63) is 23.4 Å². The van der Waals surface area contributed by atoms with E-state index in [9.17, 15) is 0 Å². The van der Waals surface area contributed by atoms with Gasteiger partial charge in [0, 0.05) is 31.4 Å². The Kier molecular flexibility index (Phi) is 3.74. The Morgan fingerprint density at radius 3 is 2.63 bits per heavy atom. The lowest BCUT2D eigenvalue weighted by atomic mass is 10.2. The van der Waals surface area contributed by atoms with E-state index in [1.807, 2.05) is 0 Å². The molecule has 0 bridgehead atoms. The summed E-state index contributed by atoms with van der Waals surface area (Å²) >= 11 is 0. The summed E-state index contributed by atoms with van der Waals surface area (Å²) in [6.45, 7) is 3.09. The first-order chi connectivity index (χ1) is 9.22. The Morgan fingerprint density at radius 2 is 1.95 bits per heavy atom. The van der Waals surface area contributed by atoms with Crippen molar-refractivity contribution in [3.63, 3.8) is 0 Å². The number of hydrogen-bond acceptors (Lipinski definition) is 3. The van der Waals surface area contributed by atoms with E-state index < -0.39 is 0 Å². The molecule has 0 aromatic carbocycles. The van der Waals surface area contributed by atoms with Gasteiger partial charge in [-0.25, -0.2) is 4.98 Å². The van der Waals surface area contributed by atoms with E-state index in [1.165, 1.54) is 44.1 Å². The monoisotopic (exact) mass is 259 g/mol. The van der Waals surface area contributed by atoms with Gasteiger partial charge in [0.25, 0.3) is 0 Å². The van der Waals surface area contributed by atoms with E-state index in [-0.39, 0.29) is 0 Å². The summed E-state index contributed by atoms with van der Waals surface area (Å²) in [5.74, 6) is 1.15. The van der Waals surface area contributed by atoms with Gasteiger partial charge in [-0.3, -0.25) is 0 Å². The Balaban J connectivity index is 1.71. The van der Waals surface area contributed by atoms with Gasteiger partial charge in [-0.2, -0.15) is 0 Å². The van der Waals surface area contributed by atoms with Crippen molar-refractivity contribution in [2.45, 2.75) is 64.1 Å². The molecule has 0 saturated heterocycles. The third kappa shape index (κ3) is 3.27. The van der Waals surface area contributed by atoms with E-state index in [0.717, 1.165) is 24.1 Å². The fourth-order valence-electron chi connectivity index (χ4n) is 3.03. The lowest BCUT2D eigenvalue weighted by molar-refractivity contribution is 0.643. The molecule has 104 valence electrons. The average molecular weight is 259 g/mol. The molecule has 2 aliphatic carbocycles. The quantitative estimate of drug-likeness (QED) is 0.881. The molecule has 0 radical (unpaired) electrons. The molecule has 1 heterocycles. The predicted molar refractivity (Wildman–Crippen MR) is 79.5 cm³/mol. The molecule has 2 fully saturated rings. The van der Waals surface area contributed by atoms with Gasteiger partial charge >= 0.3 is 0 Å². The summed E-state index contributed by atoms with van der Waals surface area (Å²) in [6.07, 6.45) is 8.08. The van der Waals surface area contributed by atoms with Crippen LogP contribution in [0.4, 0.5) is 5.82 Å². The Morgan fingerprint density at radius 1 is 1.21 bits per heavy atom. The van der Waals surface area contributed by atoms with Crippen LogP contribution in [0.15, 0.2) is 12.1 Å². The van der Waals surface area contributed by atoms with Gasteiger partial charge in [-0.15, -0.1) is 0 Å². The zero-order valence-electron chi connectivity index (χ0n) is 12.2. The maximum atomic E-state index is 4.72. The second kappa shape index (κ2) is 5.49. The smallest absolute Gasteiger partial charge is 0.129 e. The fourth-order valence-corrected chi connectivity index (χ4v) is 3.03. The van der Waals surface area contributed by atoms with Crippen LogP contribution < -0.4 is 10.2 Å². The first kappa shape index (κ1) is 12.9. The largest absolute Gasteiger partial charge is 0.357 e. The molecule has 1 N–H and O–H groups in total. The molecular weight excluding hydrogens is 234 g/mol. The molecule has 3 nitrogen and oxygen atoms in total. The second-order valence-electron chi connectivity index (χ2n) is 6.18. The molecule has 1 aromatic rings. The highest BCUT2D eigenvalue weighted by molar-refractivity contribution is 5.43. The summed E-state index contributed by atoms with van der Waals surface area (Å²) in [5.41, 5.74) is 2.51. The van der Waals surface area contributed by atoms with Gasteiger partial charge in [0.05, 0.1) is 0 Å². The second-order valence-corrected chi connectivity index (χ2v) is 6.18. The predicted octanol–water partition coefficient (Wildman–Crippen LogP) is 3.02. The SMILES string of the molecule is Cc1cc(CNC2CC2)cc(N(C)C2CCCC2)n1. The molecule has 2 saturated carbocycles. The number of aryl methyl sites for hydroxylation is 1. The molecular formula is C16H25N3. The van der Waals surface area contributed by atoms with Crippen molar-refractivity contribution in [3.8, 4) is 0 Å². The number of rotatable bonds is 5. The van der Waals surface area contributed by atoms with Crippen LogP contribution in [0.2, 0.25) is 0 Å². The van der Waals surface area contributed by atoms with Crippen LogP contribution in [0.1, 0.15) is 49.8 Å². The number of nitrogens with one attached hydrogen (secondary N) is 1. The van der Waals surface area contributed by atoms with Crippen LogP contribution in [-0.4, -0.2) is 24.1 Å². The molecule has 0 spiro atoms. The minimum absolute atomic E-state index is 0.693. The molecule has 2 aliphatic rings. The Bertz CT molecular complexity index is 434. The summed E-state index contributed by atoms with van der Waals surface area (Å²) in [7, 11) is 2.20. The lowest BCUT2D eigenvalue weighted by Gasteiger charge is -2.26. The zero-order chi connectivity index (χ0) is 13.2. The number of anilines is 1. The molecule has 1 aromatic heterocycles. The van der Waals surface area contributed by atoms with Crippen molar-refractivity contribution < 1.29 is 0 Å². The van der Waals surface area contributed by atoms with E-state index in [4.69, 9.17) is 4.98 Å². The number of hydrogen-bond donors (Lipinski definition) is 1. The Labute approximate surface area is 116 Å². The highest BCUT2D eigenvalue weighted by atomic mass is 15.2. The zero-order valence-corrected chi connectivity index (χ0v) is 12.2.